The van der Waals surface area contributed by atoms with Crippen molar-refractivity contribution in [1.29, 1.82) is 0 Å². The SMILES string of the molecule is CC(C)(O)CNC(=O)Nc1nc(-c2cccs2)ns1. The first kappa shape index (κ1) is 13.9. The average Bonchev–Trinajstić information content (AvgIpc) is 2.94. The van der Waals surface area contributed by atoms with Crippen molar-refractivity contribution >= 4 is 34.0 Å². The lowest BCUT2D eigenvalue weighted by Crippen LogP contribution is -2.40. The molecular formula is C11H14N4O2S2. The van der Waals surface area contributed by atoms with E-state index in [9.17, 15) is 9.90 Å². The molecule has 0 atom stereocenters. The van der Waals surface area contributed by atoms with Crippen molar-refractivity contribution in [2.45, 2.75) is 19.4 Å². The van der Waals surface area contributed by atoms with Crippen molar-refractivity contribution in [2.24, 2.45) is 0 Å². The van der Waals surface area contributed by atoms with Gasteiger partial charge in [0.15, 0.2) is 5.82 Å². The summed E-state index contributed by atoms with van der Waals surface area (Å²) in [5.74, 6) is 0.609. The summed E-state index contributed by atoms with van der Waals surface area (Å²) in [6.07, 6.45) is 0. The Morgan fingerprint density at radius 2 is 2.32 bits per heavy atom. The number of nitrogens with one attached hydrogen (secondary N) is 2. The first-order valence-electron chi connectivity index (χ1n) is 5.59. The molecule has 102 valence electrons. The fourth-order valence-corrected chi connectivity index (χ4v) is 2.51. The van der Waals surface area contributed by atoms with Crippen LogP contribution in [0.4, 0.5) is 9.93 Å². The van der Waals surface area contributed by atoms with E-state index in [1.807, 2.05) is 17.5 Å². The predicted octanol–water partition coefficient (Wildman–Crippen LogP) is 2.16. The van der Waals surface area contributed by atoms with E-state index in [2.05, 4.69) is 20.0 Å². The van der Waals surface area contributed by atoms with Gasteiger partial charge in [0.2, 0.25) is 5.13 Å². The number of carbonyl (C=O) groups is 1. The van der Waals surface area contributed by atoms with E-state index < -0.39 is 11.6 Å². The molecule has 6 nitrogen and oxygen atoms in total. The van der Waals surface area contributed by atoms with Crippen molar-refractivity contribution in [1.82, 2.24) is 14.7 Å². The van der Waals surface area contributed by atoms with E-state index in [1.54, 1.807) is 25.2 Å². The Kier molecular flexibility index (Phi) is 4.13. The van der Waals surface area contributed by atoms with Crippen molar-refractivity contribution in [3.63, 3.8) is 0 Å². The molecule has 0 saturated heterocycles. The maximum absolute atomic E-state index is 11.6. The molecule has 2 amide bonds. The number of aromatic nitrogens is 2. The van der Waals surface area contributed by atoms with Crippen LogP contribution in [0.3, 0.4) is 0 Å². The van der Waals surface area contributed by atoms with Crippen LogP contribution in [0.1, 0.15) is 13.8 Å². The molecule has 19 heavy (non-hydrogen) atoms. The molecule has 2 rings (SSSR count). The van der Waals surface area contributed by atoms with Gasteiger partial charge in [-0.15, -0.1) is 11.3 Å². The molecule has 2 aromatic rings. The molecule has 2 aromatic heterocycles. The fraction of sp³-hybridized carbons (Fsp3) is 0.364. The Hall–Kier alpha value is -1.51. The molecule has 0 aliphatic heterocycles. The van der Waals surface area contributed by atoms with Gasteiger partial charge in [0.25, 0.3) is 0 Å². The normalized spacial score (nSPS) is 11.3. The summed E-state index contributed by atoms with van der Waals surface area (Å²) < 4.78 is 4.17. The van der Waals surface area contributed by atoms with Crippen molar-refractivity contribution in [3.8, 4) is 10.7 Å². The van der Waals surface area contributed by atoms with E-state index in [-0.39, 0.29) is 6.54 Å². The Morgan fingerprint density at radius 1 is 1.53 bits per heavy atom. The Balaban J connectivity index is 1.91. The van der Waals surface area contributed by atoms with Gasteiger partial charge in [-0.2, -0.15) is 9.36 Å². The van der Waals surface area contributed by atoms with Crippen molar-refractivity contribution in [2.75, 3.05) is 11.9 Å². The highest BCUT2D eigenvalue weighted by Gasteiger charge is 2.15. The number of hydrogen-bond acceptors (Lipinski definition) is 6. The van der Waals surface area contributed by atoms with E-state index in [0.717, 1.165) is 16.4 Å². The standard InChI is InChI=1S/C11H14N4O2S2/c1-11(2,17)6-12-9(16)14-10-13-8(15-19-10)7-4-3-5-18-7/h3-5,17H,6H2,1-2H3,(H2,12,13,14,15,16). The molecule has 0 spiro atoms. The lowest BCUT2D eigenvalue weighted by molar-refractivity contribution is 0.0826. The van der Waals surface area contributed by atoms with Crippen LogP contribution in [0, 0.1) is 0 Å². The van der Waals surface area contributed by atoms with Crippen LogP contribution in [-0.2, 0) is 0 Å². The molecular weight excluding hydrogens is 284 g/mol. The van der Waals surface area contributed by atoms with Crippen LogP contribution in [0.5, 0.6) is 0 Å². The lowest BCUT2D eigenvalue weighted by atomic mass is 10.1. The molecule has 0 radical (unpaired) electrons. The van der Waals surface area contributed by atoms with Crippen LogP contribution in [-0.4, -0.2) is 32.6 Å². The second-order valence-electron chi connectivity index (χ2n) is 4.52. The average molecular weight is 298 g/mol. The molecule has 0 aromatic carbocycles. The van der Waals surface area contributed by atoms with Gasteiger partial charge in [0, 0.05) is 18.1 Å². The molecule has 0 bridgehead atoms. The number of hydrogen-bond donors (Lipinski definition) is 3. The van der Waals surface area contributed by atoms with Gasteiger partial charge >= 0.3 is 6.03 Å². The third-order valence-electron chi connectivity index (χ3n) is 2.07. The van der Waals surface area contributed by atoms with Gasteiger partial charge in [0.05, 0.1) is 10.5 Å². The molecule has 0 fully saturated rings. The van der Waals surface area contributed by atoms with E-state index in [4.69, 9.17) is 0 Å². The van der Waals surface area contributed by atoms with Gasteiger partial charge in [-0.1, -0.05) is 6.07 Å². The molecule has 0 saturated carbocycles. The van der Waals surface area contributed by atoms with Gasteiger partial charge < -0.3 is 10.4 Å². The summed E-state index contributed by atoms with van der Waals surface area (Å²) in [4.78, 5) is 16.7. The van der Waals surface area contributed by atoms with E-state index in [1.165, 1.54) is 0 Å². The van der Waals surface area contributed by atoms with Crippen molar-refractivity contribution in [3.05, 3.63) is 17.5 Å². The molecule has 3 N–H and O–H groups in total. The van der Waals surface area contributed by atoms with Gasteiger partial charge in [-0.05, 0) is 25.3 Å². The topological polar surface area (TPSA) is 87.1 Å². The quantitative estimate of drug-likeness (QED) is 0.807. The summed E-state index contributed by atoms with van der Waals surface area (Å²) in [5, 5.41) is 17.0. The predicted molar refractivity (Wildman–Crippen MR) is 76.5 cm³/mol. The summed E-state index contributed by atoms with van der Waals surface area (Å²) in [6.45, 7) is 3.40. The highest BCUT2D eigenvalue weighted by molar-refractivity contribution is 7.14. The highest BCUT2D eigenvalue weighted by Crippen LogP contribution is 2.24. The van der Waals surface area contributed by atoms with Crippen LogP contribution >= 0.6 is 22.9 Å². The summed E-state index contributed by atoms with van der Waals surface area (Å²) in [5.41, 5.74) is -0.944. The number of thiophene rings is 1. The summed E-state index contributed by atoms with van der Waals surface area (Å²) in [7, 11) is 0. The summed E-state index contributed by atoms with van der Waals surface area (Å²) in [6, 6.07) is 3.44. The third-order valence-corrected chi connectivity index (χ3v) is 3.57. The molecule has 8 heteroatoms. The van der Waals surface area contributed by atoms with E-state index in [0.29, 0.717) is 11.0 Å². The molecule has 0 unspecified atom stereocenters. The van der Waals surface area contributed by atoms with Crippen LogP contribution < -0.4 is 10.6 Å². The van der Waals surface area contributed by atoms with Gasteiger partial charge in [0.1, 0.15) is 0 Å². The van der Waals surface area contributed by atoms with Crippen LogP contribution in [0.25, 0.3) is 10.7 Å². The fourth-order valence-electron chi connectivity index (χ4n) is 1.22. The molecule has 0 aliphatic rings. The van der Waals surface area contributed by atoms with Crippen LogP contribution in [0.15, 0.2) is 17.5 Å². The Morgan fingerprint density at radius 3 is 2.95 bits per heavy atom. The minimum atomic E-state index is -0.944. The first-order chi connectivity index (χ1) is 8.94. The summed E-state index contributed by atoms with van der Waals surface area (Å²) >= 11 is 2.66. The van der Waals surface area contributed by atoms with E-state index >= 15 is 0 Å². The van der Waals surface area contributed by atoms with Gasteiger partial charge in [-0.3, -0.25) is 5.32 Å². The maximum atomic E-state index is 11.6. The minimum absolute atomic E-state index is 0.162. The zero-order valence-electron chi connectivity index (χ0n) is 10.5. The number of amides is 2. The second kappa shape index (κ2) is 5.64. The first-order valence-corrected chi connectivity index (χ1v) is 7.24. The lowest BCUT2D eigenvalue weighted by Gasteiger charge is -2.17. The number of carbonyl (C=O) groups excluding carboxylic acids is 1. The van der Waals surface area contributed by atoms with Crippen LogP contribution in [0.2, 0.25) is 0 Å². The number of rotatable bonds is 4. The maximum Gasteiger partial charge on any atom is 0.321 e. The third kappa shape index (κ3) is 4.27. The second-order valence-corrected chi connectivity index (χ2v) is 6.22. The molecule has 0 aliphatic carbocycles. The Labute approximate surface area is 118 Å². The van der Waals surface area contributed by atoms with Crippen molar-refractivity contribution < 1.29 is 9.90 Å². The van der Waals surface area contributed by atoms with Gasteiger partial charge in [-0.25, -0.2) is 4.79 Å². The zero-order chi connectivity index (χ0) is 13.9. The zero-order valence-corrected chi connectivity index (χ0v) is 12.1. The monoisotopic (exact) mass is 298 g/mol. The Bertz CT molecular complexity index is 545. The number of urea groups is 1. The smallest absolute Gasteiger partial charge is 0.321 e. The number of aliphatic hydroxyl groups is 1. The minimum Gasteiger partial charge on any atom is -0.389 e. The largest absolute Gasteiger partial charge is 0.389 e. The number of nitrogens with zero attached hydrogens (tertiary/aromatic N) is 2. The molecule has 2 heterocycles. The highest BCUT2D eigenvalue weighted by atomic mass is 32.1. The number of anilines is 1.